The highest BCUT2D eigenvalue weighted by Crippen LogP contribution is 2.37. The van der Waals surface area contributed by atoms with Crippen LogP contribution in [0.2, 0.25) is 18.1 Å². The van der Waals surface area contributed by atoms with Crippen LogP contribution in [0, 0.1) is 0 Å². The lowest BCUT2D eigenvalue weighted by atomic mass is 10.2. The average Bonchev–Trinajstić information content (AvgIpc) is 2.90. The molecule has 1 aliphatic rings. The van der Waals surface area contributed by atoms with E-state index in [1.54, 1.807) is 0 Å². The van der Waals surface area contributed by atoms with Crippen molar-refractivity contribution in [3.05, 3.63) is 0 Å². The minimum Gasteiger partial charge on any atom is -0.480 e. The molecule has 1 rings (SSSR count). The first-order valence-corrected chi connectivity index (χ1v) is 11.6. The number of hydrogen-bond donors (Lipinski definition) is 1. The van der Waals surface area contributed by atoms with Crippen LogP contribution in [-0.4, -0.2) is 35.8 Å². The Morgan fingerprint density at radius 2 is 1.55 bits per heavy atom. The fourth-order valence-corrected chi connectivity index (χ4v) is 9.82. The summed E-state index contributed by atoms with van der Waals surface area (Å²) in [5.74, 6) is -0.686. The Labute approximate surface area is 136 Å². The van der Waals surface area contributed by atoms with Gasteiger partial charge in [0.15, 0.2) is 8.24 Å². The number of hydrogen-bond acceptors (Lipinski definition) is 2. The summed E-state index contributed by atoms with van der Waals surface area (Å²) in [6.45, 7) is 6.54. The molecule has 0 aromatic rings. The number of aliphatic carboxylic acids is 1. The summed E-state index contributed by atoms with van der Waals surface area (Å²) in [7, 11) is -2.01. The molecule has 5 heteroatoms. The molecule has 1 amide bonds. The maximum atomic E-state index is 12.5. The van der Waals surface area contributed by atoms with Crippen molar-refractivity contribution in [2.75, 3.05) is 0 Å². The van der Waals surface area contributed by atoms with E-state index < -0.39 is 20.2 Å². The van der Waals surface area contributed by atoms with Crippen LogP contribution in [0.1, 0.15) is 72.1 Å². The Bertz CT molecular complexity index is 351. The van der Waals surface area contributed by atoms with Crippen LogP contribution in [0.5, 0.6) is 0 Å². The quantitative estimate of drug-likeness (QED) is 0.572. The molecule has 1 aliphatic heterocycles. The highest BCUT2D eigenvalue weighted by Gasteiger charge is 2.49. The molecule has 0 aromatic carbocycles. The average molecular weight is 328 g/mol. The molecule has 0 spiro atoms. The van der Waals surface area contributed by atoms with Crippen molar-refractivity contribution >= 4 is 20.1 Å². The fraction of sp³-hybridized carbons (Fsp3) is 0.882. The molecule has 0 aromatic heterocycles. The minimum atomic E-state index is -2.01. The number of amides is 1. The standard InChI is InChI=1S/C17H33NO3Si/c1-4-7-12-22(13-8-5-2,14-9-6-3)18-15(17(20)21)10-11-16(18)19/h15H,4-14H2,1-3H3,(H,20,21)/t15-/m0/s1. The Morgan fingerprint density at radius 3 is 1.91 bits per heavy atom. The Hall–Kier alpha value is -0.843. The normalized spacial score (nSPS) is 19.0. The molecule has 1 heterocycles. The topological polar surface area (TPSA) is 57.6 Å². The van der Waals surface area contributed by atoms with E-state index in [1.165, 1.54) is 0 Å². The lowest BCUT2D eigenvalue weighted by Crippen LogP contribution is -2.59. The second kappa shape index (κ2) is 9.33. The van der Waals surface area contributed by atoms with E-state index in [0.29, 0.717) is 12.8 Å². The summed E-state index contributed by atoms with van der Waals surface area (Å²) >= 11 is 0. The molecular weight excluding hydrogens is 294 g/mol. The number of carboxylic acid groups (broad SMARTS) is 1. The third-order valence-corrected chi connectivity index (χ3v) is 10.4. The maximum absolute atomic E-state index is 12.5. The smallest absolute Gasteiger partial charge is 0.325 e. The number of rotatable bonds is 11. The largest absolute Gasteiger partial charge is 0.480 e. The van der Waals surface area contributed by atoms with Crippen LogP contribution in [0.15, 0.2) is 0 Å². The Kier molecular flexibility index (Phi) is 8.14. The van der Waals surface area contributed by atoms with Gasteiger partial charge in [-0.15, -0.1) is 0 Å². The van der Waals surface area contributed by atoms with Gasteiger partial charge in [0.1, 0.15) is 6.04 Å². The summed E-state index contributed by atoms with van der Waals surface area (Å²) in [6, 6.07) is 2.70. The molecule has 1 atom stereocenters. The molecule has 0 saturated carbocycles. The summed E-state index contributed by atoms with van der Waals surface area (Å²) in [6.07, 6.45) is 7.65. The van der Waals surface area contributed by atoms with Gasteiger partial charge in [0.2, 0.25) is 5.91 Å². The van der Waals surface area contributed by atoms with E-state index in [-0.39, 0.29) is 5.91 Å². The molecular formula is C17H33NO3Si. The first-order valence-electron chi connectivity index (χ1n) is 9.07. The van der Waals surface area contributed by atoms with E-state index in [9.17, 15) is 14.7 Å². The van der Waals surface area contributed by atoms with E-state index in [4.69, 9.17) is 0 Å². The van der Waals surface area contributed by atoms with Crippen LogP contribution < -0.4 is 0 Å². The predicted molar refractivity (Wildman–Crippen MR) is 92.4 cm³/mol. The predicted octanol–water partition coefficient (Wildman–Crippen LogP) is 4.41. The fourth-order valence-electron chi connectivity index (χ4n) is 3.77. The highest BCUT2D eigenvalue weighted by atomic mass is 28.3. The molecule has 1 N–H and O–H groups in total. The lowest BCUT2D eigenvalue weighted by Gasteiger charge is -2.43. The van der Waals surface area contributed by atoms with Gasteiger partial charge in [-0.2, -0.15) is 0 Å². The number of carbonyl (C=O) groups excluding carboxylic acids is 1. The van der Waals surface area contributed by atoms with Crippen molar-refractivity contribution in [2.45, 2.75) is 96.3 Å². The van der Waals surface area contributed by atoms with Gasteiger partial charge in [-0.05, 0) is 24.6 Å². The lowest BCUT2D eigenvalue weighted by molar-refractivity contribution is -0.143. The number of nitrogens with zero attached hydrogens (tertiary/aromatic N) is 1. The van der Waals surface area contributed by atoms with Crippen molar-refractivity contribution in [3.63, 3.8) is 0 Å². The zero-order valence-corrected chi connectivity index (χ0v) is 15.6. The SMILES string of the molecule is CCCC[Si](CCCC)(CCCC)N1C(=O)CC[C@H]1C(=O)O. The number of carboxylic acids is 1. The molecule has 0 radical (unpaired) electrons. The first kappa shape index (κ1) is 19.2. The zero-order valence-electron chi connectivity index (χ0n) is 14.6. The minimum absolute atomic E-state index is 0.113. The molecule has 0 bridgehead atoms. The van der Waals surface area contributed by atoms with Gasteiger partial charge in [-0.25, -0.2) is 0 Å². The van der Waals surface area contributed by atoms with Crippen molar-refractivity contribution in [1.82, 2.24) is 4.57 Å². The summed E-state index contributed by atoms with van der Waals surface area (Å²) in [4.78, 5) is 24.2. The summed E-state index contributed by atoms with van der Waals surface area (Å²) in [5, 5.41) is 9.57. The van der Waals surface area contributed by atoms with Gasteiger partial charge < -0.3 is 9.67 Å². The van der Waals surface area contributed by atoms with Crippen molar-refractivity contribution in [3.8, 4) is 0 Å². The summed E-state index contributed by atoms with van der Waals surface area (Å²) < 4.78 is 1.93. The molecule has 4 nitrogen and oxygen atoms in total. The van der Waals surface area contributed by atoms with Gasteiger partial charge in [0, 0.05) is 6.42 Å². The number of unbranched alkanes of at least 4 members (excludes halogenated alkanes) is 3. The van der Waals surface area contributed by atoms with Crippen LogP contribution >= 0.6 is 0 Å². The van der Waals surface area contributed by atoms with E-state index in [2.05, 4.69) is 20.8 Å². The Balaban J connectivity index is 3.11. The molecule has 128 valence electrons. The third-order valence-electron chi connectivity index (χ3n) is 5.00. The zero-order chi connectivity index (χ0) is 16.6. The van der Waals surface area contributed by atoms with Crippen LogP contribution in [0.25, 0.3) is 0 Å². The van der Waals surface area contributed by atoms with Crippen LogP contribution in [0.4, 0.5) is 0 Å². The van der Waals surface area contributed by atoms with Gasteiger partial charge in [0.05, 0.1) is 0 Å². The first-order chi connectivity index (χ1) is 10.5. The molecule has 22 heavy (non-hydrogen) atoms. The van der Waals surface area contributed by atoms with Crippen LogP contribution in [-0.2, 0) is 9.59 Å². The van der Waals surface area contributed by atoms with Crippen LogP contribution in [0.3, 0.4) is 0 Å². The maximum Gasteiger partial charge on any atom is 0.325 e. The second-order valence-corrected chi connectivity index (χ2v) is 11.1. The Morgan fingerprint density at radius 1 is 1.09 bits per heavy atom. The second-order valence-electron chi connectivity index (χ2n) is 6.69. The molecule has 0 unspecified atom stereocenters. The number of carbonyl (C=O) groups is 2. The van der Waals surface area contributed by atoms with Crippen molar-refractivity contribution < 1.29 is 14.7 Å². The highest BCUT2D eigenvalue weighted by molar-refractivity contribution is 6.79. The molecule has 0 aliphatic carbocycles. The van der Waals surface area contributed by atoms with Gasteiger partial charge in [0.25, 0.3) is 0 Å². The van der Waals surface area contributed by atoms with Crippen molar-refractivity contribution in [1.29, 1.82) is 0 Å². The van der Waals surface area contributed by atoms with E-state index in [0.717, 1.165) is 56.7 Å². The molecule has 1 fully saturated rings. The van der Waals surface area contributed by atoms with E-state index >= 15 is 0 Å². The van der Waals surface area contributed by atoms with Gasteiger partial charge in [-0.1, -0.05) is 59.3 Å². The van der Waals surface area contributed by atoms with Gasteiger partial charge >= 0.3 is 5.97 Å². The van der Waals surface area contributed by atoms with Crippen molar-refractivity contribution in [2.24, 2.45) is 0 Å². The van der Waals surface area contributed by atoms with E-state index in [1.807, 2.05) is 4.57 Å². The molecule has 1 saturated heterocycles. The monoisotopic (exact) mass is 327 g/mol. The third kappa shape index (κ3) is 4.57. The summed E-state index contributed by atoms with van der Waals surface area (Å²) in [5.41, 5.74) is 0. The van der Waals surface area contributed by atoms with Gasteiger partial charge in [-0.3, -0.25) is 9.59 Å².